The molecule has 3 nitrogen and oxygen atoms in total. The summed E-state index contributed by atoms with van der Waals surface area (Å²) in [5.74, 6) is -1.31. The van der Waals surface area contributed by atoms with Crippen LogP contribution in [0.3, 0.4) is 0 Å². The minimum absolute atomic E-state index is 0.0969. The molecule has 1 rings (SSSR count). The second-order valence-electron chi connectivity index (χ2n) is 6.15. The molecule has 0 aromatic carbocycles. The number of ether oxygens (including phenoxy) is 1. The lowest BCUT2D eigenvalue weighted by Crippen LogP contribution is -2.20. The van der Waals surface area contributed by atoms with E-state index in [2.05, 4.69) is 31.6 Å². The molecule has 1 aromatic heterocycles. The van der Waals surface area contributed by atoms with Gasteiger partial charge >= 0.3 is 5.97 Å². The Hall–Kier alpha value is -2.21. The molecule has 0 saturated carbocycles. The van der Waals surface area contributed by atoms with Crippen molar-refractivity contribution < 1.29 is 23.4 Å². The Bertz CT molecular complexity index is 809. The third-order valence-corrected chi connectivity index (χ3v) is 5.17. The van der Waals surface area contributed by atoms with Crippen LogP contribution in [0.1, 0.15) is 63.0 Å². The van der Waals surface area contributed by atoms with E-state index < -0.39 is 11.8 Å². The standard InChI is InChI=1S/C21H26F2O3S.C2H6/c1-6-8-11-17(7-2)13-25-21(24)20-19(22)18(16(5)27-20)12-9-10-14(3)15(4)26-23;1-2/h9-10,12,17H,3-8,11,13H2,1-2H3;1-2H3/b10-9+,18-12-;. The number of halogens is 2. The Morgan fingerprint density at radius 1 is 1.28 bits per heavy atom. The monoisotopic (exact) mass is 426 g/mol. The number of carbonyl (C=O) groups is 1. The highest BCUT2D eigenvalue weighted by molar-refractivity contribution is 7.11. The number of carbonyl (C=O) groups excluding carboxylic acids is 1. The summed E-state index contributed by atoms with van der Waals surface area (Å²) in [5.41, 5.74) is 0.201. The molecule has 1 atom stereocenters. The molecule has 1 unspecified atom stereocenters. The van der Waals surface area contributed by atoms with Gasteiger partial charge in [-0.05, 0) is 12.3 Å². The number of hydrogen-bond acceptors (Lipinski definition) is 4. The zero-order chi connectivity index (χ0) is 22.4. The van der Waals surface area contributed by atoms with Gasteiger partial charge in [0, 0.05) is 19.9 Å². The van der Waals surface area contributed by atoms with Gasteiger partial charge in [0.25, 0.3) is 0 Å². The molecule has 0 N–H and O–H groups in total. The summed E-state index contributed by atoms with van der Waals surface area (Å²) < 4.78 is 32.3. The van der Waals surface area contributed by atoms with Crippen LogP contribution in [0.25, 0.3) is 12.7 Å². The lowest BCUT2D eigenvalue weighted by Gasteiger charge is -2.14. The molecule has 0 aliphatic rings. The summed E-state index contributed by atoms with van der Waals surface area (Å²) in [5, 5.41) is 0.181. The first-order chi connectivity index (χ1) is 13.8. The Morgan fingerprint density at radius 2 is 1.93 bits per heavy atom. The molecule has 0 aliphatic heterocycles. The van der Waals surface area contributed by atoms with Gasteiger partial charge in [0.1, 0.15) is 4.88 Å². The van der Waals surface area contributed by atoms with E-state index in [-0.39, 0.29) is 34.0 Å². The first-order valence-electron chi connectivity index (χ1n) is 9.85. The van der Waals surface area contributed by atoms with Gasteiger partial charge in [0.15, 0.2) is 11.6 Å². The predicted molar refractivity (Wildman–Crippen MR) is 118 cm³/mol. The summed E-state index contributed by atoms with van der Waals surface area (Å²) in [6, 6.07) is 0. The second kappa shape index (κ2) is 14.7. The minimum atomic E-state index is -0.676. The Labute approximate surface area is 176 Å². The van der Waals surface area contributed by atoms with Crippen molar-refractivity contribution in [2.45, 2.75) is 53.4 Å². The van der Waals surface area contributed by atoms with Crippen molar-refractivity contribution in [2.75, 3.05) is 6.61 Å². The van der Waals surface area contributed by atoms with Gasteiger partial charge < -0.3 is 4.74 Å². The van der Waals surface area contributed by atoms with Gasteiger partial charge in [-0.1, -0.05) is 84.9 Å². The summed E-state index contributed by atoms with van der Waals surface area (Å²) >= 11 is 0.945. The van der Waals surface area contributed by atoms with Crippen LogP contribution in [-0.4, -0.2) is 12.6 Å². The van der Waals surface area contributed by atoms with Crippen LogP contribution in [0.2, 0.25) is 0 Å². The van der Waals surface area contributed by atoms with Crippen molar-refractivity contribution in [1.82, 2.24) is 0 Å². The fourth-order valence-corrected chi connectivity index (χ4v) is 3.18. The molecule has 0 aliphatic carbocycles. The van der Waals surface area contributed by atoms with E-state index in [1.54, 1.807) is 0 Å². The number of hydrogen-bond donors (Lipinski definition) is 0. The van der Waals surface area contributed by atoms with Crippen LogP contribution in [0.15, 0.2) is 36.6 Å². The summed E-state index contributed by atoms with van der Waals surface area (Å²) in [6.45, 7) is 19.1. The van der Waals surface area contributed by atoms with E-state index in [0.717, 1.165) is 37.0 Å². The van der Waals surface area contributed by atoms with E-state index in [0.29, 0.717) is 4.53 Å². The molecule has 1 aromatic rings. The van der Waals surface area contributed by atoms with Gasteiger partial charge in [-0.25, -0.2) is 9.18 Å². The highest BCUT2D eigenvalue weighted by Crippen LogP contribution is 2.15. The van der Waals surface area contributed by atoms with Gasteiger partial charge in [-0.15, -0.1) is 11.3 Å². The van der Waals surface area contributed by atoms with E-state index in [1.807, 2.05) is 20.8 Å². The molecular weight excluding hydrogens is 394 g/mol. The molecule has 29 heavy (non-hydrogen) atoms. The molecule has 0 amide bonds. The number of esters is 1. The average molecular weight is 427 g/mol. The highest BCUT2D eigenvalue weighted by atomic mass is 32.1. The van der Waals surface area contributed by atoms with Crippen LogP contribution in [-0.2, 0) is 9.68 Å². The van der Waals surface area contributed by atoms with E-state index >= 15 is 0 Å². The molecular formula is C23H32F2O3S. The Morgan fingerprint density at radius 3 is 2.48 bits per heavy atom. The molecule has 162 valence electrons. The minimum Gasteiger partial charge on any atom is -0.461 e. The third kappa shape index (κ3) is 8.77. The first kappa shape index (κ1) is 26.8. The van der Waals surface area contributed by atoms with Gasteiger partial charge in [0.05, 0.1) is 6.61 Å². The molecule has 0 saturated heterocycles. The van der Waals surface area contributed by atoms with E-state index in [4.69, 9.17) is 4.74 Å². The fraction of sp³-hybridized carbons (Fsp3) is 0.435. The zero-order valence-electron chi connectivity index (χ0n) is 17.9. The topological polar surface area (TPSA) is 35.5 Å². The van der Waals surface area contributed by atoms with E-state index in [9.17, 15) is 13.7 Å². The van der Waals surface area contributed by atoms with Crippen molar-refractivity contribution in [2.24, 2.45) is 5.92 Å². The lowest BCUT2D eigenvalue weighted by molar-refractivity contribution is -0.0772. The predicted octanol–water partition coefficient (Wildman–Crippen LogP) is 6.00. The second-order valence-corrected chi connectivity index (χ2v) is 7.25. The van der Waals surface area contributed by atoms with Crippen LogP contribution in [0.5, 0.6) is 0 Å². The van der Waals surface area contributed by atoms with Crippen LogP contribution in [0.4, 0.5) is 8.92 Å². The maximum Gasteiger partial charge on any atom is 0.351 e. The van der Waals surface area contributed by atoms with E-state index in [1.165, 1.54) is 18.2 Å². The molecule has 0 fully saturated rings. The Balaban J connectivity index is 0.00000379. The maximum absolute atomic E-state index is 14.6. The molecule has 6 heteroatoms. The highest BCUT2D eigenvalue weighted by Gasteiger charge is 2.19. The number of unbranched alkanes of at least 4 members (excludes halogenated alkanes) is 1. The van der Waals surface area contributed by atoms with Crippen LogP contribution in [0, 0.1) is 11.7 Å². The average Bonchev–Trinajstić information content (AvgIpc) is 3.02. The normalized spacial score (nSPS) is 12.3. The lowest BCUT2D eigenvalue weighted by atomic mass is 10.0. The third-order valence-electron chi connectivity index (χ3n) is 4.15. The summed E-state index contributed by atoms with van der Waals surface area (Å²) in [4.78, 5) is 15.6. The molecule has 0 radical (unpaired) electrons. The quantitative estimate of drug-likeness (QED) is 0.247. The van der Waals surface area contributed by atoms with Crippen LogP contribution >= 0.6 is 11.3 Å². The van der Waals surface area contributed by atoms with Crippen molar-refractivity contribution in [3.8, 4) is 0 Å². The van der Waals surface area contributed by atoms with Gasteiger partial charge in [0.2, 0.25) is 0 Å². The van der Waals surface area contributed by atoms with Crippen molar-refractivity contribution in [3.05, 3.63) is 57.1 Å². The fourth-order valence-electron chi connectivity index (χ4n) is 2.33. The molecule has 1 heterocycles. The number of rotatable bonds is 11. The summed E-state index contributed by atoms with van der Waals surface area (Å²) in [7, 11) is 0. The van der Waals surface area contributed by atoms with Gasteiger partial charge in [-0.3, -0.25) is 4.94 Å². The SMILES string of the molecule is C=C(/C=C/C=c1\c(F)c(C(=O)OCC(CC)CCCC)sc1=C)C(=C)OF.CC. The Kier molecular flexibility index (Phi) is 13.6. The van der Waals surface area contributed by atoms with Crippen molar-refractivity contribution in [3.63, 3.8) is 0 Å². The number of thiophene rings is 1. The smallest absolute Gasteiger partial charge is 0.351 e. The number of allylic oxidation sites excluding steroid dienone is 2. The van der Waals surface area contributed by atoms with Gasteiger partial charge in [-0.2, -0.15) is 0 Å². The summed E-state index contributed by atoms with van der Waals surface area (Å²) in [6.07, 6.45) is 8.34. The maximum atomic E-state index is 14.6. The zero-order valence-corrected chi connectivity index (χ0v) is 18.7. The van der Waals surface area contributed by atoms with Crippen molar-refractivity contribution in [1.29, 1.82) is 0 Å². The van der Waals surface area contributed by atoms with Crippen molar-refractivity contribution >= 4 is 30.0 Å². The first-order valence-corrected chi connectivity index (χ1v) is 10.7. The largest absolute Gasteiger partial charge is 0.461 e. The molecule has 0 bridgehead atoms. The molecule has 0 spiro atoms. The van der Waals surface area contributed by atoms with Crippen LogP contribution < -0.4 is 9.75 Å².